The fraction of sp³-hybridized carbons (Fsp3) is 0.300. The number of carbonyl (C=O) groups excluding carboxylic acids is 1. The zero-order chi connectivity index (χ0) is 20.9. The monoisotopic (exact) mass is 417 g/mol. The number of hydrogen-bond donors (Lipinski definition) is 0. The third-order valence-electron chi connectivity index (χ3n) is 5.09. The maximum absolute atomic E-state index is 14.2. The molecule has 29 heavy (non-hydrogen) atoms. The topological polar surface area (TPSA) is 83.2 Å². The van der Waals surface area contributed by atoms with E-state index in [0.29, 0.717) is 5.69 Å². The molecule has 9 heteroatoms. The van der Waals surface area contributed by atoms with Gasteiger partial charge in [-0.15, -0.1) is 0 Å². The van der Waals surface area contributed by atoms with Crippen molar-refractivity contribution in [3.8, 4) is 0 Å². The van der Waals surface area contributed by atoms with E-state index >= 15 is 0 Å². The van der Waals surface area contributed by atoms with Crippen LogP contribution in [0.4, 0.5) is 4.39 Å². The number of nitrogens with zero attached hydrogens (tertiary/aromatic N) is 3. The lowest BCUT2D eigenvalue weighted by atomic mass is 10.1. The lowest BCUT2D eigenvalue weighted by Gasteiger charge is -2.14. The van der Waals surface area contributed by atoms with Gasteiger partial charge in [-0.3, -0.25) is 13.9 Å². The second-order valence-corrected chi connectivity index (χ2v) is 7.40. The molecule has 1 aromatic carbocycles. The summed E-state index contributed by atoms with van der Waals surface area (Å²) in [5, 5.41) is 0.0465. The molecule has 2 heterocycles. The summed E-state index contributed by atoms with van der Waals surface area (Å²) < 4.78 is 21.1. The van der Waals surface area contributed by atoms with Crippen LogP contribution in [0.15, 0.2) is 33.9 Å². The van der Waals surface area contributed by atoms with Gasteiger partial charge in [-0.1, -0.05) is 17.7 Å². The van der Waals surface area contributed by atoms with E-state index in [1.165, 1.54) is 43.0 Å². The van der Waals surface area contributed by atoms with Crippen molar-refractivity contribution in [1.82, 2.24) is 14.1 Å². The Morgan fingerprint density at radius 1 is 1.34 bits per heavy atom. The van der Waals surface area contributed by atoms with Gasteiger partial charge < -0.3 is 4.74 Å². The van der Waals surface area contributed by atoms with Gasteiger partial charge in [0, 0.05) is 29.2 Å². The summed E-state index contributed by atoms with van der Waals surface area (Å²) in [5.74, 6) is -1.15. The van der Waals surface area contributed by atoms with Crippen molar-refractivity contribution in [2.75, 3.05) is 7.11 Å². The van der Waals surface area contributed by atoms with Crippen LogP contribution in [0.5, 0.6) is 0 Å². The lowest BCUT2D eigenvalue weighted by Crippen LogP contribution is -2.40. The second-order valence-electron chi connectivity index (χ2n) is 6.99. The van der Waals surface area contributed by atoms with Crippen molar-refractivity contribution in [2.45, 2.75) is 25.3 Å². The van der Waals surface area contributed by atoms with Crippen molar-refractivity contribution < 1.29 is 13.9 Å². The van der Waals surface area contributed by atoms with Crippen LogP contribution in [0, 0.1) is 5.82 Å². The average Bonchev–Trinajstić information content (AvgIpc) is 3.55. The highest BCUT2D eigenvalue weighted by Crippen LogP contribution is 2.40. The molecule has 0 atom stereocenters. The molecule has 3 aromatic rings. The molecule has 1 fully saturated rings. The molecule has 1 aliphatic carbocycles. The first-order valence-electron chi connectivity index (χ1n) is 8.99. The lowest BCUT2D eigenvalue weighted by molar-refractivity contribution is 0.0602. The Labute approximate surface area is 169 Å². The van der Waals surface area contributed by atoms with Crippen LogP contribution in [-0.2, 0) is 18.3 Å². The van der Waals surface area contributed by atoms with Gasteiger partial charge in [-0.05, 0) is 31.0 Å². The molecule has 4 rings (SSSR count). The van der Waals surface area contributed by atoms with Crippen molar-refractivity contribution in [3.63, 3.8) is 0 Å². The summed E-state index contributed by atoms with van der Waals surface area (Å²) >= 11 is 6.06. The second kappa shape index (κ2) is 7.11. The quantitative estimate of drug-likeness (QED) is 0.609. The Bertz CT molecular complexity index is 1260. The summed E-state index contributed by atoms with van der Waals surface area (Å²) in [7, 11) is 2.67. The minimum absolute atomic E-state index is 0.00916. The van der Waals surface area contributed by atoms with E-state index < -0.39 is 23.0 Å². The zero-order valence-corrected chi connectivity index (χ0v) is 16.5. The minimum Gasteiger partial charge on any atom is -0.465 e. The van der Waals surface area contributed by atoms with Crippen LogP contribution in [0.1, 0.15) is 40.4 Å². The number of benzene rings is 1. The molecule has 1 aliphatic rings. The molecule has 2 aromatic heterocycles. The summed E-state index contributed by atoms with van der Waals surface area (Å²) in [6.45, 7) is -0.377. The molecule has 1 saturated carbocycles. The third kappa shape index (κ3) is 3.23. The first-order chi connectivity index (χ1) is 13.8. The summed E-state index contributed by atoms with van der Waals surface area (Å²) in [6, 6.07) is 5.64. The van der Waals surface area contributed by atoms with E-state index in [2.05, 4.69) is 4.98 Å². The highest BCUT2D eigenvalue weighted by Gasteiger charge is 2.29. The van der Waals surface area contributed by atoms with Crippen molar-refractivity contribution in [3.05, 3.63) is 72.8 Å². The third-order valence-corrected chi connectivity index (χ3v) is 5.45. The minimum atomic E-state index is -0.752. The molecule has 0 unspecified atom stereocenters. The van der Waals surface area contributed by atoms with Crippen molar-refractivity contribution in [1.29, 1.82) is 0 Å². The van der Waals surface area contributed by atoms with E-state index in [4.69, 9.17) is 16.3 Å². The number of hydrogen-bond acceptors (Lipinski definition) is 5. The van der Waals surface area contributed by atoms with Crippen LogP contribution in [0.25, 0.3) is 11.0 Å². The molecule has 0 N–H and O–H groups in total. The van der Waals surface area contributed by atoms with Crippen molar-refractivity contribution in [2.24, 2.45) is 7.05 Å². The number of aromatic nitrogens is 3. The van der Waals surface area contributed by atoms with E-state index in [1.807, 2.05) is 0 Å². The van der Waals surface area contributed by atoms with Gasteiger partial charge in [-0.25, -0.2) is 19.0 Å². The average molecular weight is 418 g/mol. The normalized spacial score (nSPS) is 13.7. The first kappa shape index (κ1) is 19.3. The van der Waals surface area contributed by atoms with Gasteiger partial charge in [0.15, 0.2) is 0 Å². The summed E-state index contributed by atoms with van der Waals surface area (Å²) in [5.41, 5.74) is -0.651. The molecule has 0 spiro atoms. The fourth-order valence-corrected chi connectivity index (χ4v) is 3.56. The standard InChI is InChI=1S/C20H17ClFN3O4/c1-24-17-16(11(19(27)29-2)8-15(23-17)10-6-7-10)18(26)25(20(24)28)9-12-13(21)4-3-5-14(12)22/h3-5,8,10H,6-7,9H2,1-2H3. The highest BCUT2D eigenvalue weighted by molar-refractivity contribution is 6.31. The number of methoxy groups -OCH3 is 1. The molecule has 7 nitrogen and oxygen atoms in total. The van der Waals surface area contributed by atoms with Crippen LogP contribution in [-0.4, -0.2) is 27.2 Å². The molecular weight excluding hydrogens is 401 g/mol. The largest absolute Gasteiger partial charge is 0.465 e. The molecule has 0 amide bonds. The molecule has 0 saturated heterocycles. The van der Waals surface area contributed by atoms with E-state index in [9.17, 15) is 18.8 Å². The predicted molar refractivity (Wildman–Crippen MR) is 105 cm³/mol. The van der Waals surface area contributed by atoms with Gasteiger partial charge in [-0.2, -0.15) is 0 Å². The zero-order valence-electron chi connectivity index (χ0n) is 15.7. The Morgan fingerprint density at radius 2 is 2.07 bits per heavy atom. The number of carbonyl (C=O) groups is 1. The smallest absolute Gasteiger partial charge is 0.338 e. The molecule has 0 bridgehead atoms. The highest BCUT2D eigenvalue weighted by atomic mass is 35.5. The molecular formula is C20H17ClFN3O4. The Morgan fingerprint density at radius 3 is 2.69 bits per heavy atom. The SMILES string of the molecule is COC(=O)c1cc(C2CC2)nc2c1c(=O)n(Cc1c(F)cccc1Cl)c(=O)n2C. The maximum atomic E-state index is 14.2. The Hall–Kier alpha value is -3.00. The maximum Gasteiger partial charge on any atom is 0.338 e. The van der Waals surface area contributed by atoms with Crippen LogP contribution in [0.2, 0.25) is 5.02 Å². The number of fused-ring (bicyclic) bond motifs is 1. The first-order valence-corrected chi connectivity index (χ1v) is 9.37. The Kier molecular flexibility index (Phi) is 4.74. The number of halogens is 2. The number of rotatable bonds is 4. The van der Waals surface area contributed by atoms with Gasteiger partial charge in [0.1, 0.15) is 11.5 Å². The van der Waals surface area contributed by atoms with Crippen LogP contribution < -0.4 is 11.2 Å². The van der Waals surface area contributed by atoms with Gasteiger partial charge in [0.2, 0.25) is 0 Å². The van der Waals surface area contributed by atoms with E-state index in [-0.39, 0.29) is 39.6 Å². The van der Waals surface area contributed by atoms with Gasteiger partial charge in [0.05, 0.1) is 24.6 Å². The number of pyridine rings is 1. The number of esters is 1. The summed E-state index contributed by atoms with van der Waals surface area (Å²) in [4.78, 5) is 42.9. The van der Waals surface area contributed by atoms with Crippen LogP contribution >= 0.6 is 11.6 Å². The fourth-order valence-electron chi connectivity index (χ4n) is 3.34. The molecule has 150 valence electrons. The number of ether oxygens (including phenoxy) is 1. The number of aryl methyl sites for hydroxylation is 1. The predicted octanol–water partition coefficient (Wildman–Crippen LogP) is 2.60. The van der Waals surface area contributed by atoms with E-state index in [0.717, 1.165) is 17.4 Å². The Balaban J connectivity index is 2.03. The van der Waals surface area contributed by atoms with Crippen LogP contribution in [0.3, 0.4) is 0 Å². The van der Waals surface area contributed by atoms with Gasteiger partial charge >= 0.3 is 11.7 Å². The van der Waals surface area contributed by atoms with Gasteiger partial charge in [0.25, 0.3) is 5.56 Å². The molecule has 0 aliphatic heterocycles. The molecule has 0 radical (unpaired) electrons. The van der Waals surface area contributed by atoms with E-state index in [1.54, 1.807) is 0 Å². The van der Waals surface area contributed by atoms with Crippen molar-refractivity contribution >= 4 is 28.6 Å². The summed E-state index contributed by atoms with van der Waals surface area (Å²) in [6.07, 6.45) is 1.85.